The predicted octanol–water partition coefficient (Wildman–Crippen LogP) is 2.64. The van der Waals surface area contributed by atoms with Crippen LogP contribution >= 0.6 is 0 Å². The van der Waals surface area contributed by atoms with E-state index >= 15 is 0 Å². The Morgan fingerprint density at radius 1 is 1.41 bits per heavy atom. The fraction of sp³-hybridized carbons (Fsp3) is 0.500. The van der Waals surface area contributed by atoms with Gasteiger partial charge >= 0.3 is 0 Å². The number of benzene rings is 1. The maximum Gasteiger partial charge on any atom is 0.292 e. The second-order valence-electron chi connectivity index (χ2n) is 4.37. The van der Waals surface area contributed by atoms with Crippen molar-refractivity contribution in [1.29, 1.82) is 0 Å². The van der Waals surface area contributed by atoms with Gasteiger partial charge in [0.05, 0.1) is 17.6 Å². The molecule has 1 aromatic carbocycles. The number of hydrogen-bond donors (Lipinski definition) is 1. The molecule has 1 aliphatic carbocycles. The minimum absolute atomic E-state index is 0.0467. The molecule has 0 spiro atoms. The number of nitrogens with two attached hydrogens (primary N) is 1. The molecule has 0 unspecified atom stereocenters. The number of nitro groups is 1. The van der Waals surface area contributed by atoms with Crippen LogP contribution in [0, 0.1) is 10.1 Å². The Morgan fingerprint density at radius 3 is 2.71 bits per heavy atom. The summed E-state index contributed by atoms with van der Waals surface area (Å²) in [4.78, 5) is 10.1. The Kier molecular flexibility index (Phi) is 3.58. The third kappa shape index (κ3) is 2.94. The summed E-state index contributed by atoms with van der Waals surface area (Å²) >= 11 is 0. The Bertz CT molecular complexity index is 414. The number of nitro benzene ring substituents is 1. The van der Waals surface area contributed by atoms with E-state index in [0.29, 0.717) is 12.7 Å². The van der Waals surface area contributed by atoms with Gasteiger partial charge in [-0.15, -0.1) is 0 Å². The SMILES string of the molecule is Nc1cc(COC2CCCC2)ccc1[N+](=O)[O-]. The van der Waals surface area contributed by atoms with Gasteiger partial charge in [-0.2, -0.15) is 0 Å². The predicted molar refractivity (Wildman–Crippen MR) is 64.6 cm³/mol. The molecule has 1 aromatic rings. The quantitative estimate of drug-likeness (QED) is 0.495. The summed E-state index contributed by atoms with van der Waals surface area (Å²) in [5, 5.41) is 10.6. The Labute approximate surface area is 99.7 Å². The van der Waals surface area contributed by atoms with Crippen molar-refractivity contribution in [3.63, 3.8) is 0 Å². The van der Waals surface area contributed by atoms with Crippen molar-refractivity contribution in [2.45, 2.75) is 38.4 Å². The number of hydrogen-bond acceptors (Lipinski definition) is 4. The van der Waals surface area contributed by atoms with Gasteiger partial charge in [-0.05, 0) is 30.5 Å². The lowest BCUT2D eigenvalue weighted by Gasteiger charge is -2.11. The molecule has 0 aromatic heterocycles. The van der Waals surface area contributed by atoms with Gasteiger partial charge in [0.15, 0.2) is 0 Å². The number of anilines is 1. The first kappa shape index (κ1) is 11.9. The van der Waals surface area contributed by atoms with E-state index in [1.165, 1.54) is 18.9 Å². The molecule has 1 saturated carbocycles. The van der Waals surface area contributed by atoms with Crippen LogP contribution in [0.5, 0.6) is 0 Å². The molecule has 2 N–H and O–H groups in total. The van der Waals surface area contributed by atoms with Crippen molar-refractivity contribution in [1.82, 2.24) is 0 Å². The van der Waals surface area contributed by atoms with Crippen LogP contribution in [0.1, 0.15) is 31.2 Å². The van der Waals surface area contributed by atoms with E-state index in [1.54, 1.807) is 12.1 Å². The fourth-order valence-electron chi connectivity index (χ4n) is 2.13. The highest BCUT2D eigenvalue weighted by atomic mass is 16.6. The van der Waals surface area contributed by atoms with Gasteiger partial charge in [0.25, 0.3) is 5.69 Å². The van der Waals surface area contributed by atoms with Crippen LogP contribution in [0.3, 0.4) is 0 Å². The molecule has 0 aliphatic heterocycles. The highest BCUT2D eigenvalue weighted by molar-refractivity contribution is 5.59. The van der Waals surface area contributed by atoms with Gasteiger partial charge in [-0.1, -0.05) is 12.8 Å². The largest absolute Gasteiger partial charge is 0.393 e. The first-order valence-corrected chi connectivity index (χ1v) is 5.81. The maximum absolute atomic E-state index is 10.6. The Balaban J connectivity index is 1.97. The molecule has 0 atom stereocenters. The molecule has 1 aliphatic rings. The lowest BCUT2D eigenvalue weighted by molar-refractivity contribution is -0.383. The third-order valence-electron chi connectivity index (χ3n) is 3.08. The smallest absolute Gasteiger partial charge is 0.292 e. The van der Waals surface area contributed by atoms with Gasteiger partial charge in [-0.3, -0.25) is 10.1 Å². The summed E-state index contributed by atoms with van der Waals surface area (Å²) < 4.78 is 5.72. The maximum atomic E-state index is 10.6. The van der Waals surface area contributed by atoms with Crippen LogP contribution in [-0.2, 0) is 11.3 Å². The van der Waals surface area contributed by atoms with Crippen LogP contribution in [0.25, 0.3) is 0 Å². The summed E-state index contributed by atoms with van der Waals surface area (Å²) in [6.45, 7) is 0.479. The number of nitrogen functional groups attached to an aromatic ring is 1. The van der Waals surface area contributed by atoms with E-state index in [9.17, 15) is 10.1 Å². The van der Waals surface area contributed by atoms with Crippen LogP contribution in [0.2, 0.25) is 0 Å². The molecule has 5 heteroatoms. The van der Waals surface area contributed by atoms with E-state index < -0.39 is 4.92 Å². The van der Waals surface area contributed by atoms with Crippen molar-refractivity contribution in [3.8, 4) is 0 Å². The molecule has 2 rings (SSSR count). The number of rotatable bonds is 4. The average molecular weight is 236 g/mol. The summed E-state index contributed by atoms with van der Waals surface area (Å²) in [6, 6.07) is 4.75. The Hall–Kier alpha value is -1.62. The molecular formula is C12H16N2O3. The molecule has 17 heavy (non-hydrogen) atoms. The van der Waals surface area contributed by atoms with E-state index in [-0.39, 0.29) is 11.4 Å². The van der Waals surface area contributed by atoms with Gasteiger partial charge in [0.2, 0.25) is 0 Å². The minimum Gasteiger partial charge on any atom is -0.393 e. The first-order chi connectivity index (χ1) is 8.16. The normalized spacial score (nSPS) is 16.2. The average Bonchev–Trinajstić information content (AvgIpc) is 2.78. The van der Waals surface area contributed by atoms with Crippen molar-refractivity contribution in [3.05, 3.63) is 33.9 Å². The summed E-state index contributed by atoms with van der Waals surface area (Å²) in [7, 11) is 0. The first-order valence-electron chi connectivity index (χ1n) is 5.81. The van der Waals surface area contributed by atoms with Gasteiger partial charge in [0.1, 0.15) is 5.69 Å². The molecule has 92 valence electrons. The van der Waals surface area contributed by atoms with Crippen LogP contribution < -0.4 is 5.73 Å². The minimum atomic E-state index is -0.475. The molecule has 0 heterocycles. The molecule has 0 bridgehead atoms. The van der Waals surface area contributed by atoms with Crippen LogP contribution in [0.15, 0.2) is 18.2 Å². The van der Waals surface area contributed by atoms with E-state index in [1.807, 2.05) is 0 Å². The fourth-order valence-corrected chi connectivity index (χ4v) is 2.13. The van der Waals surface area contributed by atoms with Crippen molar-refractivity contribution < 1.29 is 9.66 Å². The zero-order valence-corrected chi connectivity index (χ0v) is 9.59. The molecule has 0 radical (unpaired) electrons. The molecule has 0 amide bonds. The van der Waals surface area contributed by atoms with Crippen molar-refractivity contribution in [2.24, 2.45) is 0 Å². The highest BCUT2D eigenvalue weighted by Crippen LogP contribution is 2.25. The molecule has 0 saturated heterocycles. The monoisotopic (exact) mass is 236 g/mol. The van der Waals surface area contributed by atoms with E-state index in [2.05, 4.69) is 0 Å². The standard InChI is InChI=1S/C12H16N2O3/c13-11-7-9(5-6-12(11)14(15)16)8-17-10-3-1-2-4-10/h5-7,10H,1-4,8,13H2. The lowest BCUT2D eigenvalue weighted by atomic mass is 10.2. The van der Waals surface area contributed by atoms with E-state index in [4.69, 9.17) is 10.5 Å². The van der Waals surface area contributed by atoms with Crippen molar-refractivity contribution >= 4 is 11.4 Å². The number of ether oxygens (including phenoxy) is 1. The molecular weight excluding hydrogens is 220 g/mol. The second kappa shape index (κ2) is 5.14. The summed E-state index contributed by atoms with van der Waals surface area (Å²) in [6.07, 6.45) is 5.02. The summed E-state index contributed by atoms with van der Waals surface area (Å²) in [5.74, 6) is 0. The summed E-state index contributed by atoms with van der Waals surface area (Å²) in [5.41, 5.74) is 6.65. The number of nitrogens with zero attached hydrogens (tertiary/aromatic N) is 1. The van der Waals surface area contributed by atoms with Crippen molar-refractivity contribution in [2.75, 3.05) is 5.73 Å². The second-order valence-corrected chi connectivity index (χ2v) is 4.37. The van der Waals surface area contributed by atoms with Crippen LogP contribution in [0.4, 0.5) is 11.4 Å². The van der Waals surface area contributed by atoms with Gasteiger partial charge < -0.3 is 10.5 Å². The zero-order valence-electron chi connectivity index (χ0n) is 9.59. The highest BCUT2D eigenvalue weighted by Gasteiger charge is 2.16. The third-order valence-corrected chi connectivity index (χ3v) is 3.08. The molecule has 5 nitrogen and oxygen atoms in total. The zero-order chi connectivity index (χ0) is 12.3. The van der Waals surface area contributed by atoms with Gasteiger partial charge in [0, 0.05) is 6.07 Å². The lowest BCUT2D eigenvalue weighted by Crippen LogP contribution is -2.07. The Morgan fingerprint density at radius 2 is 2.12 bits per heavy atom. The topological polar surface area (TPSA) is 78.4 Å². The molecule has 1 fully saturated rings. The van der Waals surface area contributed by atoms with E-state index in [0.717, 1.165) is 18.4 Å². The van der Waals surface area contributed by atoms with Crippen LogP contribution in [-0.4, -0.2) is 11.0 Å². The van der Waals surface area contributed by atoms with Gasteiger partial charge in [-0.25, -0.2) is 0 Å².